The first-order valence-electron chi connectivity index (χ1n) is 5.27. The second-order valence-corrected chi connectivity index (χ2v) is 3.20. The molecule has 2 N–H and O–H groups in total. The molecule has 0 amide bonds. The molecule has 0 aromatic heterocycles. The van der Waals surface area contributed by atoms with Crippen molar-refractivity contribution in [3.63, 3.8) is 0 Å². The average Bonchev–Trinajstić information content (AvgIpc) is 2.13. The third-order valence-electron chi connectivity index (χ3n) is 1.93. The first-order valence-corrected chi connectivity index (χ1v) is 5.27. The quantitative estimate of drug-likeness (QED) is 0.535. The van der Waals surface area contributed by atoms with Crippen LogP contribution in [-0.4, -0.2) is 37.5 Å². The Bertz CT molecular complexity index is 92.9. The molecule has 3 nitrogen and oxygen atoms in total. The van der Waals surface area contributed by atoms with Crippen molar-refractivity contribution < 1.29 is 9.84 Å². The summed E-state index contributed by atoms with van der Waals surface area (Å²) in [6, 6.07) is 0.312. The summed E-state index contributed by atoms with van der Waals surface area (Å²) in [6.07, 6.45) is 3.07. The topological polar surface area (TPSA) is 41.5 Å². The Morgan fingerprint density at radius 2 is 2.15 bits per heavy atom. The van der Waals surface area contributed by atoms with Crippen LogP contribution in [0.2, 0.25) is 0 Å². The SMILES string of the molecule is CCCCOCC(CCO)NCC. The van der Waals surface area contributed by atoms with Gasteiger partial charge >= 0.3 is 0 Å². The van der Waals surface area contributed by atoms with Crippen molar-refractivity contribution in [3.8, 4) is 0 Å². The van der Waals surface area contributed by atoms with Gasteiger partial charge in [0.1, 0.15) is 0 Å². The number of aliphatic hydroxyl groups excluding tert-OH is 1. The molecule has 13 heavy (non-hydrogen) atoms. The van der Waals surface area contributed by atoms with Crippen LogP contribution in [0.4, 0.5) is 0 Å². The Kier molecular flexibility index (Phi) is 9.87. The van der Waals surface area contributed by atoms with E-state index in [9.17, 15) is 0 Å². The van der Waals surface area contributed by atoms with Crippen LogP contribution in [0.25, 0.3) is 0 Å². The number of aliphatic hydroxyl groups is 1. The van der Waals surface area contributed by atoms with E-state index in [2.05, 4.69) is 19.2 Å². The zero-order valence-electron chi connectivity index (χ0n) is 8.88. The van der Waals surface area contributed by atoms with E-state index in [0.717, 1.165) is 26.0 Å². The van der Waals surface area contributed by atoms with Crippen LogP contribution >= 0.6 is 0 Å². The number of likely N-dealkylation sites (N-methyl/N-ethyl adjacent to an activating group) is 1. The number of nitrogens with one attached hydrogen (secondary N) is 1. The Morgan fingerprint density at radius 1 is 1.38 bits per heavy atom. The molecule has 0 aliphatic heterocycles. The molecule has 0 aromatic rings. The number of ether oxygens (including phenoxy) is 1. The number of rotatable bonds is 9. The van der Waals surface area contributed by atoms with E-state index in [-0.39, 0.29) is 6.61 Å². The number of unbranched alkanes of at least 4 members (excludes halogenated alkanes) is 1. The van der Waals surface area contributed by atoms with Gasteiger partial charge in [-0.25, -0.2) is 0 Å². The van der Waals surface area contributed by atoms with Gasteiger partial charge in [0.05, 0.1) is 6.61 Å². The Balaban J connectivity index is 3.33. The van der Waals surface area contributed by atoms with Gasteiger partial charge in [-0.3, -0.25) is 0 Å². The molecule has 3 heteroatoms. The maximum atomic E-state index is 8.77. The second-order valence-electron chi connectivity index (χ2n) is 3.20. The van der Waals surface area contributed by atoms with Gasteiger partial charge < -0.3 is 15.2 Å². The van der Waals surface area contributed by atoms with Crippen molar-refractivity contribution in [2.75, 3.05) is 26.4 Å². The van der Waals surface area contributed by atoms with Crippen molar-refractivity contribution in [3.05, 3.63) is 0 Å². The molecular weight excluding hydrogens is 166 g/mol. The molecule has 0 spiro atoms. The second kappa shape index (κ2) is 9.96. The van der Waals surface area contributed by atoms with Crippen LogP contribution < -0.4 is 5.32 Å². The van der Waals surface area contributed by atoms with Crippen molar-refractivity contribution >= 4 is 0 Å². The number of hydrogen-bond acceptors (Lipinski definition) is 3. The molecule has 0 saturated heterocycles. The minimum absolute atomic E-state index is 0.231. The first-order chi connectivity index (χ1) is 6.35. The molecule has 0 aliphatic rings. The molecule has 0 aromatic carbocycles. The third-order valence-corrected chi connectivity index (χ3v) is 1.93. The number of hydrogen-bond donors (Lipinski definition) is 2. The lowest BCUT2D eigenvalue weighted by atomic mass is 10.2. The molecule has 0 fully saturated rings. The molecule has 0 aliphatic carbocycles. The lowest BCUT2D eigenvalue weighted by molar-refractivity contribution is 0.1000. The minimum Gasteiger partial charge on any atom is -0.396 e. The summed E-state index contributed by atoms with van der Waals surface area (Å²) in [5, 5.41) is 12.0. The lowest BCUT2D eigenvalue weighted by Crippen LogP contribution is -2.34. The van der Waals surface area contributed by atoms with E-state index in [1.165, 1.54) is 6.42 Å². The fourth-order valence-electron chi connectivity index (χ4n) is 1.16. The third kappa shape index (κ3) is 8.22. The predicted molar refractivity (Wildman–Crippen MR) is 54.9 cm³/mol. The van der Waals surface area contributed by atoms with Gasteiger partial charge in [-0.05, 0) is 19.4 Å². The van der Waals surface area contributed by atoms with Gasteiger partial charge in [-0.1, -0.05) is 20.3 Å². The lowest BCUT2D eigenvalue weighted by Gasteiger charge is -2.16. The van der Waals surface area contributed by atoms with E-state index in [0.29, 0.717) is 12.6 Å². The fraction of sp³-hybridized carbons (Fsp3) is 1.00. The summed E-state index contributed by atoms with van der Waals surface area (Å²) >= 11 is 0. The van der Waals surface area contributed by atoms with Gasteiger partial charge in [0.25, 0.3) is 0 Å². The highest BCUT2D eigenvalue weighted by molar-refractivity contribution is 4.63. The van der Waals surface area contributed by atoms with E-state index in [1.807, 2.05) is 0 Å². The van der Waals surface area contributed by atoms with Gasteiger partial charge in [0, 0.05) is 19.3 Å². The van der Waals surface area contributed by atoms with Crippen LogP contribution in [-0.2, 0) is 4.74 Å². The minimum atomic E-state index is 0.231. The molecular formula is C10H23NO2. The molecule has 0 rings (SSSR count). The normalized spacial score (nSPS) is 13.2. The highest BCUT2D eigenvalue weighted by Crippen LogP contribution is 1.94. The standard InChI is InChI=1S/C10H23NO2/c1-3-5-8-13-9-10(6-7-12)11-4-2/h10-12H,3-9H2,1-2H3. The summed E-state index contributed by atoms with van der Waals surface area (Å²) in [7, 11) is 0. The monoisotopic (exact) mass is 189 g/mol. The zero-order valence-corrected chi connectivity index (χ0v) is 8.88. The van der Waals surface area contributed by atoms with E-state index >= 15 is 0 Å². The van der Waals surface area contributed by atoms with Gasteiger partial charge in [-0.2, -0.15) is 0 Å². The summed E-state index contributed by atoms with van der Waals surface area (Å²) in [6.45, 7) is 6.93. The van der Waals surface area contributed by atoms with Crippen molar-refractivity contribution in [1.29, 1.82) is 0 Å². The molecule has 1 atom stereocenters. The largest absolute Gasteiger partial charge is 0.396 e. The maximum Gasteiger partial charge on any atom is 0.0620 e. The van der Waals surface area contributed by atoms with Crippen LogP contribution in [0, 0.1) is 0 Å². The van der Waals surface area contributed by atoms with Crippen LogP contribution in [0.5, 0.6) is 0 Å². The summed E-state index contributed by atoms with van der Waals surface area (Å²) in [5.74, 6) is 0. The van der Waals surface area contributed by atoms with Gasteiger partial charge in [-0.15, -0.1) is 0 Å². The Morgan fingerprint density at radius 3 is 2.69 bits per heavy atom. The fourth-order valence-corrected chi connectivity index (χ4v) is 1.16. The van der Waals surface area contributed by atoms with Crippen LogP contribution in [0.1, 0.15) is 33.1 Å². The average molecular weight is 189 g/mol. The Labute approximate surface area is 81.5 Å². The summed E-state index contributed by atoms with van der Waals surface area (Å²) in [4.78, 5) is 0. The molecule has 0 bridgehead atoms. The summed E-state index contributed by atoms with van der Waals surface area (Å²) < 4.78 is 5.47. The highest BCUT2D eigenvalue weighted by Gasteiger charge is 2.05. The van der Waals surface area contributed by atoms with Crippen molar-refractivity contribution in [2.24, 2.45) is 0 Å². The Hall–Kier alpha value is -0.120. The summed E-state index contributed by atoms with van der Waals surface area (Å²) in [5.41, 5.74) is 0. The van der Waals surface area contributed by atoms with Gasteiger partial charge in [0.2, 0.25) is 0 Å². The molecule has 80 valence electrons. The molecule has 0 heterocycles. The van der Waals surface area contributed by atoms with E-state index in [1.54, 1.807) is 0 Å². The van der Waals surface area contributed by atoms with E-state index < -0.39 is 0 Å². The maximum absolute atomic E-state index is 8.77. The zero-order chi connectivity index (χ0) is 9.94. The first kappa shape index (κ1) is 12.9. The highest BCUT2D eigenvalue weighted by atomic mass is 16.5. The van der Waals surface area contributed by atoms with Crippen LogP contribution in [0.3, 0.4) is 0 Å². The van der Waals surface area contributed by atoms with E-state index in [4.69, 9.17) is 9.84 Å². The van der Waals surface area contributed by atoms with Gasteiger partial charge in [0.15, 0.2) is 0 Å². The smallest absolute Gasteiger partial charge is 0.0620 e. The molecule has 0 radical (unpaired) electrons. The predicted octanol–water partition coefficient (Wildman–Crippen LogP) is 1.16. The van der Waals surface area contributed by atoms with Crippen molar-refractivity contribution in [1.82, 2.24) is 5.32 Å². The molecule has 0 saturated carbocycles. The van der Waals surface area contributed by atoms with Crippen LogP contribution in [0.15, 0.2) is 0 Å². The molecule has 1 unspecified atom stereocenters. The van der Waals surface area contributed by atoms with Crippen molar-refractivity contribution in [2.45, 2.75) is 39.2 Å².